The number of nitro groups is 1. The Hall–Kier alpha value is -3.18. The van der Waals surface area contributed by atoms with Gasteiger partial charge in [-0.15, -0.1) is 11.3 Å². The highest BCUT2D eigenvalue weighted by molar-refractivity contribution is 7.90. The van der Waals surface area contributed by atoms with E-state index in [0.29, 0.717) is 4.88 Å². The lowest BCUT2D eigenvalue weighted by atomic mass is 10.2. The highest BCUT2D eigenvalue weighted by Gasteiger charge is 2.19. The van der Waals surface area contributed by atoms with Gasteiger partial charge in [-0.25, -0.2) is 8.42 Å². The Balaban J connectivity index is 1.62. The van der Waals surface area contributed by atoms with Crippen LogP contribution in [0.1, 0.15) is 9.67 Å². The van der Waals surface area contributed by atoms with Crippen molar-refractivity contribution in [3.63, 3.8) is 0 Å². The zero-order valence-electron chi connectivity index (χ0n) is 15.4. The Morgan fingerprint density at radius 2 is 1.93 bits per heavy atom. The van der Waals surface area contributed by atoms with Crippen LogP contribution in [-0.4, -0.2) is 43.2 Å². The van der Waals surface area contributed by atoms with Crippen molar-refractivity contribution in [2.45, 2.75) is 4.90 Å². The summed E-state index contributed by atoms with van der Waals surface area (Å²) in [6.07, 6.45) is 4.68. The lowest BCUT2D eigenvalue weighted by Gasteiger charge is -2.10. The van der Waals surface area contributed by atoms with Gasteiger partial charge in [0.2, 0.25) is 0 Å². The summed E-state index contributed by atoms with van der Waals surface area (Å²) in [6.45, 7) is 0.460. The van der Waals surface area contributed by atoms with Crippen LogP contribution in [-0.2, 0) is 9.84 Å². The Kier molecular flexibility index (Phi) is 5.99. The van der Waals surface area contributed by atoms with Crippen LogP contribution in [0.25, 0.3) is 5.69 Å². The minimum Gasteiger partial charge on any atom is -0.378 e. The first-order valence-electron chi connectivity index (χ1n) is 8.49. The molecule has 0 aliphatic carbocycles. The number of rotatable bonds is 8. The van der Waals surface area contributed by atoms with Crippen molar-refractivity contribution in [2.75, 3.05) is 24.7 Å². The van der Waals surface area contributed by atoms with Gasteiger partial charge in [0, 0.05) is 37.8 Å². The molecule has 0 spiro atoms. The van der Waals surface area contributed by atoms with Crippen LogP contribution in [0.2, 0.25) is 0 Å². The number of hydrogen-bond acceptors (Lipinski definition) is 7. The first-order chi connectivity index (χ1) is 13.8. The molecule has 2 heterocycles. The third-order valence-corrected chi connectivity index (χ3v) is 6.07. The van der Waals surface area contributed by atoms with Crippen LogP contribution in [0.3, 0.4) is 0 Å². The van der Waals surface area contributed by atoms with Crippen molar-refractivity contribution in [1.29, 1.82) is 0 Å². The number of amides is 1. The van der Waals surface area contributed by atoms with Gasteiger partial charge in [-0.3, -0.25) is 14.9 Å². The summed E-state index contributed by atoms with van der Waals surface area (Å²) in [4.78, 5) is 23.5. The fourth-order valence-electron chi connectivity index (χ4n) is 2.67. The number of aromatic nitrogens is 1. The number of benzene rings is 1. The van der Waals surface area contributed by atoms with Gasteiger partial charge in [-0.2, -0.15) is 0 Å². The minimum atomic E-state index is -3.55. The number of thiophene rings is 1. The van der Waals surface area contributed by atoms with Crippen molar-refractivity contribution in [3.05, 3.63) is 69.2 Å². The quantitative estimate of drug-likeness (QED) is 0.319. The second kappa shape index (κ2) is 8.45. The molecule has 0 aliphatic rings. The maximum Gasteiger partial charge on any atom is 0.293 e. The van der Waals surface area contributed by atoms with Crippen LogP contribution in [0.4, 0.5) is 11.4 Å². The van der Waals surface area contributed by atoms with E-state index >= 15 is 0 Å². The average molecular weight is 434 g/mol. The number of carbonyl (C=O) groups is 1. The van der Waals surface area contributed by atoms with Crippen molar-refractivity contribution in [1.82, 2.24) is 9.88 Å². The molecule has 0 fully saturated rings. The molecule has 1 aromatic carbocycles. The van der Waals surface area contributed by atoms with Crippen molar-refractivity contribution in [2.24, 2.45) is 0 Å². The number of hydrogen-bond donors (Lipinski definition) is 2. The van der Waals surface area contributed by atoms with Crippen LogP contribution < -0.4 is 10.6 Å². The van der Waals surface area contributed by atoms with Gasteiger partial charge in [0.1, 0.15) is 10.6 Å². The van der Waals surface area contributed by atoms with Crippen LogP contribution in [0, 0.1) is 10.1 Å². The maximum absolute atomic E-state index is 12.4. The molecule has 11 heteroatoms. The molecule has 1 amide bonds. The van der Waals surface area contributed by atoms with E-state index in [9.17, 15) is 23.3 Å². The van der Waals surface area contributed by atoms with E-state index in [1.54, 1.807) is 0 Å². The Morgan fingerprint density at radius 3 is 2.59 bits per heavy atom. The highest BCUT2D eigenvalue weighted by atomic mass is 32.2. The fourth-order valence-corrected chi connectivity index (χ4v) is 4.11. The number of nitro benzene ring substituents is 1. The second-order valence-corrected chi connectivity index (χ2v) is 9.05. The molecule has 2 aromatic heterocycles. The van der Waals surface area contributed by atoms with Gasteiger partial charge < -0.3 is 15.2 Å². The molecule has 152 valence electrons. The molecule has 3 rings (SSSR count). The number of carbonyl (C=O) groups excluding carboxylic acids is 1. The molecule has 0 saturated heterocycles. The van der Waals surface area contributed by atoms with Gasteiger partial charge in [-0.05, 0) is 35.7 Å². The highest BCUT2D eigenvalue weighted by Crippen LogP contribution is 2.27. The summed E-state index contributed by atoms with van der Waals surface area (Å²) in [5, 5.41) is 18.7. The first kappa shape index (κ1) is 20.6. The number of nitrogens with one attached hydrogen (secondary N) is 2. The summed E-state index contributed by atoms with van der Waals surface area (Å²) in [5.74, 6) is -0.243. The molecule has 0 atom stereocenters. The van der Waals surface area contributed by atoms with E-state index in [1.165, 1.54) is 23.5 Å². The van der Waals surface area contributed by atoms with Crippen LogP contribution in [0.5, 0.6) is 0 Å². The van der Waals surface area contributed by atoms with E-state index in [1.807, 2.05) is 40.5 Å². The average Bonchev–Trinajstić information content (AvgIpc) is 3.35. The molecule has 0 unspecified atom stereocenters. The third kappa shape index (κ3) is 4.81. The molecule has 0 saturated carbocycles. The molecule has 3 aromatic rings. The van der Waals surface area contributed by atoms with Crippen molar-refractivity contribution in [3.8, 4) is 5.69 Å². The Morgan fingerprint density at radius 1 is 1.21 bits per heavy atom. The maximum atomic E-state index is 12.4. The molecular weight excluding hydrogens is 416 g/mol. The van der Waals surface area contributed by atoms with E-state index in [2.05, 4.69) is 10.6 Å². The molecule has 2 N–H and O–H groups in total. The van der Waals surface area contributed by atoms with Crippen LogP contribution in [0.15, 0.2) is 59.1 Å². The third-order valence-electron chi connectivity index (χ3n) is 4.05. The fraction of sp³-hybridized carbons (Fsp3) is 0.167. The summed E-state index contributed by atoms with van der Waals surface area (Å²) in [6, 6.07) is 9.25. The number of anilines is 1. The van der Waals surface area contributed by atoms with Gasteiger partial charge >= 0.3 is 0 Å². The first-order valence-corrected chi connectivity index (χ1v) is 11.3. The zero-order valence-corrected chi connectivity index (χ0v) is 17.0. The topological polar surface area (TPSA) is 123 Å². The molecule has 29 heavy (non-hydrogen) atoms. The Bertz CT molecular complexity index is 1140. The molecule has 9 nitrogen and oxygen atoms in total. The molecule has 0 radical (unpaired) electrons. The smallest absolute Gasteiger partial charge is 0.293 e. The van der Waals surface area contributed by atoms with Crippen molar-refractivity contribution < 1.29 is 18.1 Å². The second-order valence-electron chi connectivity index (χ2n) is 6.12. The van der Waals surface area contributed by atoms with Gasteiger partial charge in [-0.1, -0.05) is 0 Å². The van der Waals surface area contributed by atoms with Gasteiger partial charge in [0.15, 0.2) is 9.84 Å². The SMILES string of the molecule is CS(=O)(=O)c1ccc(NCCNC(=O)c2sccc2-n2cccc2)c([N+](=O)[O-])c1. The normalized spacial score (nSPS) is 11.2. The monoisotopic (exact) mass is 434 g/mol. The van der Waals surface area contributed by atoms with Crippen molar-refractivity contribution >= 4 is 38.5 Å². The standard InChI is InChI=1S/C18H18N4O5S2/c1-29(26,27)13-4-5-14(16(12-13)22(24)25)19-7-8-20-18(23)17-15(6-11-28-17)21-9-2-3-10-21/h2-6,9-12,19H,7-8H2,1H3,(H,20,23). The molecule has 0 bridgehead atoms. The predicted molar refractivity (Wildman–Crippen MR) is 111 cm³/mol. The number of nitrogens with zero attached hydrogens (tertiary/aromatic N) is 2. The summed E-state index contributed by atoms with van der Waals surface area (Å²) >= 11 is 1.32. The lowest BCUT2D eigenvalue weighted by molar-refractivity contribution is -0.384. The van der Waals surface area contributed by atoms with Gasteiger partial charge in [0.25, 0.3) is 11.6 Å². The van der Waals surface area contributed by atoms with E-state index in [4.69, 9.17) is 0 Å². The van der Waals surface area contributed by atoms with E-state index in [0.717, 1.165) is 18.0 Å². The van der Waals surface area contributed by atoms with Gasteiger partial charge in [0.05, 0.1) is 15.5 Å². The summed E-state index contributed by atoms with van der Waals surface area (Å²) < 4.78 is 25.0. The molecular formula is C18H18N4O5S2. The van der Waals surface area contributed by atoms with E-state index in [-0.39, 0.29) is 35.3 Å². The lowest BCUT2D eigenvalue weighted by Crippen LogP contribution is -2.28. The summed E-state index contributed by atoms with van der Waals surface area (Å²) in [7, 11) is -3.55. The molecule has 0 aliphatic heterocycles. The van der Waals surface area contributed by atoms with E-state index < -0.39 is 14.8 Å². The zero-order chi connectivity index (χ0) is 21.0. The Labute approximate surface area is 171 Å². The van der Waals surface area contributed by atoms with Crippen LogP contribution >= 0.6 is 11.3 Å². The largest absolute Gasteiger partial charge is 0.378 e. The predicted octanol–water partition coefficient (Wildman–Crippen LogP) is 2.69. The number of sulfone groups is 1. The minimum absolute atomic E-state index is 0.127. The summed E-state index contributed by atoms with van der Waals surface area (Å²) in [5.41, 5.74) is 0.616.